The van der Waals surface area contributed by atoms with Crippen LogP contribution in [-0.4, -0.2) is 32.7 Å². The molecule has 0 aliphatic rings. The minimum absolute atomic E-state index is 0.356. The van der Waals surface area contributed by atoms with Gasteiger partial charge in [0.2, 0.25) is 0 Å². The average molecular weight is 370 g/mol. The van der Waals surface area contributed by atoms with Crippen LogP contribution >= 0.6 is 15.9 Å². The molecule has 2 aromatic rings. The molecule has 0 atom stereocenters. The van der Waals surface area contributed by atoms with Crippen LogP contribution in [-0.2, 0) is 17.8 Å². The lowest BCUT2D eigenvalue weighted by molar-refractivity contribution is 0.0214. The molecule has 0 N–H and O–H groups in total. The van der Waals surface area contributed by atoms with Gasteiger partial charge in [-0.2, -0.15) is 0 Å². The maximum absolute atomic E-state index is 12.4. The van der Waals surface area contributed by atoms with Crippen LogP contribution in [0.25, 0.3) is 0 Å². The Morgan fingerprint density at radius 2 is 2.23 bits per heavy atom. The van der Waals surface area contributed by atoms with Crippen LogP contribution in [0.4, 0.5) is 4.79 Å². The van der Waals surface area contributed by atoms with Gasteiger partial charge in [0.15, 0.2) is 4.67 Å². The summed E-state index contributed by atoms with van der Waals surface area (Å²) in [6, 6.07) is 3.64. The normalized spacial score (nSPS) is 11.5. The van der Waals surface area contributed by atoms with Crippen molar-refractivity contribution in [3.8, 4) is 0 Å². The molecule has 0 aliphatic carbocycles. The molecule has 0 unspecified atom stereocenters. The van der Waals surface area contributed by atoms with E-state index in [1.54, 1.807) is 23.5 Å². The lowest BCUT2D eigenvalue weighted by atomic mass is 10.2. The molecule has 0 saturated carbocycles. The van der Waals surface area contributed by atoms with E-state index in [1.165, 1.54) is 0 Å². The first-order chi connectivity index (χ1) is 10.3. The first-order valence-corrected chi connectivity index (χ1v) is 7.81. The molecule has 120 valence electrons. The van der Waals surface area contributed by atoms with Gasteiger partial charge < -0.3 is 13.7 Å². The molecule has 0 bridgehead atoms. The van der Waals surface area contributed by atoms with Crippen LogP contribution in [0.5, 0.6) is 0 Å². The SMILES string of the molecule is CC(C)(C)OC(=O)N(CCn1ccnc1)Cc1ccc(Br)o1. The molecule has 6 nitrogen and oxygen atoms in total. The molecule has 0 aliphatic heterocycles. The monoisotopic (exact) mass is 369 g/mol. The maximum atomic E-state index is 12.4. The number of halogens is 1. The highest BCUT2D eigenvalue weighted by atomic mass is 79.9. The van der Waals surface area contributed by atoms with Gasteiger partial charge in [-0.15, -0.1) is 0 Å². The summed E-state index contributed by atoms with van der Waals surface area (Å²) in [7, 11) is 0. The van der Waals surface area contributed by atoms with Gasteiger partial charge in [-0.05, 0) is 48.8 Å². The molecule has 2 heterocycles. The summed E-state index contributed by atoms with van der Waals surface area (Å²) in [5.74, 6) is 0.698. The van der Waals surface area contributed by atoms with Gasteiger partial charge in [0, 0.05) is 25.5 Å². The fourth-order valence-corrected chi connectivity index (χ4v) is 2.18. The van der Waals surface area contributed by atoms with Gasteiger partial charge in [0.05, 0.1) is 12.9 Å². The highest BCUT2D eigenvalue weighted by molar-refractivity contribution is 9.10. The van der Waals surface area contributed by atoms with Gasteiger partial charge in [-0.25, -0.2) is 9.78 Å². The number of imidazole rings is 1. The molecule has 1 amide bonds. The Morgan fingerprint density at radius 3 is 2.77 bits per heavy atom. The number of carbonyl (C=O) groups excluding carboxylic acids is 1. The van der Waals surface area contributed by atoms with Crippen LogP contribution in [0, 0.1) is 0 Å². The number of aromatic nitrogens is 2. The van der Waals surface area contributed by atoms with Crippen molar-refractivity contribution in [1.29, 1.82) is 0 Å². The van der Waals surface area contributed by atoms with Crippen molar-refractivity contribution in [2.75, 3.05) is 6.54 Å². The summed E-state index contributed by atoms with van der Waals surface area (Å²) in [4.78, 5) is 18.0. The Kier molecular flexibility index (Phi) is 5.28. The Balaban J connectivity index is 2.03. The van der Waals surface area contributed by atoms with Crippen molar-refractivity contribution in [2.45, 2.75) is 39.5 Å². The zero-order chi connectivity index (χ0) is 16.2. The van der Waals surface area contributed by atoms with Crippen molar-refractivity contribution in [3.05, 3.63) is 41.3 Å². The third kappa shape index (κ3) is 5.22. The fraction of sp³-hybridized carbons (Fsp3) is 0.467. The second-order valence-corrected chi connectivity index (χ2v) is 6.69. The summed E-state index contributed by atoms with van der Waals surface area (Å²) >= 11 is 3.26. The molecule has 0 saturated heterocycles. The first kappa shape index (κ1) is 16.6. The standard InChI is InChI=1S/C15H20BrN3O3/c1-15(2,3)22-14(20)19(9-8-18-7-6-17-11-18)10-12-4-5-13(16)21-12/h4-7,11H,8-10H2,1-3H3. The molecule has 0 radical (unpaired) electrons. The van der Waals surface area contributed by atoms with Crippen LogP contribution in [0.2, 0.25) is 0 Å². The zero-order valence-electron chi connectivity index (χ0n) is 13.0. The summed E-state index contributed by atoms with van der Waals surface area (Å²) in [6.45, 7) is 7.05. The van der Waals surface area contributed by atoms with Gasteiger partial charge in [0.25, 0.3) is 0 Å². The second-order valence-electron chi connectivity index (χ2n) is 5.91. The van der Waals surface area contributed by atoms with E-state index in [1.807, 2.05) is 37.6 Å². The lowest BCUT2D eigenvalue weighted by Crippen LogP contribution is -2.38. The fourth-order valence-electron chi connectivity index (χ4n) is 1.84. The van der Waals surface area contributed by atoms with E-state index in [4.69, 9.17) is 9.15 Å². The summed E-state index contributed by atoms with van der Waals surface area (Å²) < 4.78 is 13.5. The molecule has 2 rings (SSSR count). The van der Waals surface area contributed by atoms with Gasteiger partial charge in [0.1, 0.15) is 11.4 Å². The van der Waals surface area contributed by atoms with Crippen molar-refractivity contribution in [2.24, 2.45) is 0 Å². The number of ether oxygens (including phenoxy) is 1. The third-order valence-electron chi connectivity index (χ3n) is 2.81. The zero-order valence-corrected chi connectivity index (χ0v) is 14.5. The molecule has 7 heteroatoms. The van der Waals surface area contributed by atoms with Crippen molar-refractivity contribution >= 4 is 22.0 Å². The van der Waals surface area contributed by atoms with Crippen molar-refractivity contribution in [3.63, 3.8) is 0 Å². The van der Waals surface area contributed by atoms with Gasteiger partial charge >= 0.3 is 6.09 Å². The predicted octanol–water partition coefficient (Wildman–Crippen LogP) is 3.68. The number of hydrogen-bond acceptors (Lipinski definition) is 4. The maximum Gasteiger partial charge on any atom is 0.410 e. The van der Waals surface area contributed by atoms with Crippen molar-refractivity contribution < 1.29 is 13.9 Å². The van der Waals surface area contributed by atoms with E-state index >= 15 is 0 Å². The molecule has 2 aromatic heterocycles. The Bertz CT molecular complexity index is 602. The highest BCUT2D eigenvalue weighted by Crippen LogP contribution is 2.17. The number of nitrogens with zero attached hydrogens (tertiary/aromatic N) is 3. The van der Waals surface area contributed by atoms with Gasteiger partial charge in [-0.3, -0.25) is 4.90 Å². The molecule has 0 fully saturated rings. The van der Waals surface area contributed by atoms with Crippen LogP contribution in [0.3, 0.4) is 0 Å². The summed E-state index contributed by atoms with van der Waals surface area (Å²) in [6.07, 6.45) is 4.93. The second kappa shape index (κ2) is 7.00. The number of furan rings is 1. The Hall–Kier alpha value is -1.76. The third-order valence-corrected chi connectivity index (χ3v) is 3.24. The largest absolute Gasteiger partial charge is 0.452 e. The molecular formula is C15H20BrN3O3. The van der Waals surface area contributed by atoms with E-state index in [0.717, 1.165) is 0 Å². The quantitative estimate of drug-likeness (QED) is 0.806. The molecule has 22 heavy (non-hydrogen) atoms. The minimum atomic E-state index is -0.534. The van der Waals surface area contributed by atoms with Crippen LogP contribution in [0.1, 0.15) is 26.5 Å². The molecular weight excluding hydrogens is 350 g/mol. The van der Waals surface area contributed by atoms with Crippen LogP contribution in [0.15, 0.2) is 39.9 Å². The van der Waals surface area contributed by atoms with Gasteiger partial charge in [-0.1, -0.05) is 0 Å². The average Bonchev–Trinajstić information content (AvgIpc) is 3.03. The topological polar surface area (TPSA) is 60.5 Å². The number of carbonyl (C=O) groups is 1. The summed E-state index contributed by atoms with van der Waals surface area (Å²) in [5, 5.41) is 0. The molecule has 0 spiro atoms. The Labute approximate surface area is 138 Å². The number of amides is 1. The number of rotatable bonds is 5. The predicted molar refractivity (Wildman–Crippen MR) is 85.3 cm³/mol. The number of hydrogen-bond donors (Lipinski definition) is 0. The lowest BCUT2D eigenvalue weighted by Gasteiger charge is -2.27. The van der Waals surface area contributed by atoms with E-state index in [0.29, 0.717) is 30.1 Å². The van der Waals surface area contributed by atoms with E-state index in [-0.39, 0.29) is 6.09 Å². The smallest absolute Gasteiger partial charge is 0.410 e. The van der Waals surface area contributed by atoms with E-state index in [9.17, 15) is 4.79 Å². The van der Waals surface area contributed by atoms with E-state index < -0.39 is 5.60 Å². The van der Waals surface area contributed by atoms with Crippen molar-refractivity contribution in [1.82, 2.24) is 14.5 Å². The minimum Gasteiger partial charge on any atom is -0.452 e. The van der Waals surface area contributed by atoms with E-state index in [2.05, 4.69) is 20.9 Å². The van der Waals surface area contributed by atoms with Crippen LogP contribution < -0.4 is 0 Å². The highest BCUT2D eigenvalue weighted by Gasteiger charge is 2.23. The Morgan fingerprint density at radius 1 is 1.45 bits per heavy atom. The first-order valence-electron chi connectivity index (χ1n) is 7.01. The summed E-state index contributed by atoms with van der Waals surface area (Å²) in [5.41, 5.74) is -0.534. The molecule has 0 aromatic carbocycles.